The number of carbonyl (C=O) groups is 3. The Hall–Kier alpha value is -2.61. The van der Waals surface area contributed by atoms with Gasteiger partial charge in [-0.25, -0.2) is 9.59 Å². The summed E-state index contributed by atoms with van der Waals surface area (Å²) >= 11 is 0. The van der Waals surface area contributed by atoms with Crippen LogP contribution in [-0.2, 0) is 25.5 Å². The minimum absolute atomic E-state index is 0.193. The van der Waals surface area contributed by atoms with Gasteiger partial charge in [0.2, 0.25) is 5.91 Å². The van der Waals surface area contributed by atoms with Gasteiger partial charge < -0.3 is 25.2 Å². The molecule has 0 bridgehead atoms. The third-order valence-electron chi connectivity index (χ3n) is 5.27. The van der Waals surface area contributed by atoms with Crippen molar-refractivity contribution in [3.05, 3.63) is 35.9 Å². The molecule has 1 aliphatic rings. The third-order valence-corrected chi connectivity index (χ3v) is 5.27. The van der Waals surface area contributed by atoms with Crippen molar-refractivity contribution in [2.24, 2.45) is 0 Å². The van der Waals surface area contributed by atoms with E-state index >= 15 is 0 Å². The third kappa shape index (κ3) is 7.54. The molecule has 0 aromatic heterocycles. The summed E-state index contributed by atoms with van der Waals surface area (Å²) in [6.07, 6.45) is 2.69. The normalized spacial score (nSPS) is 17.7. The topological polar surface area (TPSA) is 114 Å². The molecule has 2 atom stereocenters. The summed E-state index contributed by atoms with van der Waals surface area (Å²) in [6, 6.07) is 6.97. The lowest BCUT2D eigenvalue weighted by atomic mass is 9.79. The van der Waals surface area contributed by atoms with E-state index in [0.717, 1.165) is 24.8 Å². The molecule has 1 fully saturated rings. The van der Waals surface area contributed by atoms with E-state index in [9.17, 15) is 19.5 Å². The number of amides is 2. The number of benzene rings is 1. The molecule has 1 aromatic carbocycles. The molecule has 3 N–H and O–H groups in total. The molecule has 0 spiro atoms. The molecule has 172 valence electrons. The first-order valence-electron chi connectivity index (χ1n) is 10.7. The molecule has 1 saturated carbocycles. The molecule has 1 aromatic rings. The first-order valence-corrected chi connectivity index (χ1v) is 10.7. The molecule has 0 aliphatic heterocycles. The second-order valence-electron chi connectivity index (χ2n) is 9.02. The zero-order chi connectivity index (χ0) is 23.1. The fraction of sp³-hybridized carbons (Fsp3) is 0.609. The highest BCUT2D eigenvalue weighted by Crippen LogP contribution is 2.31. The van der Waals surface area contributed by atoms with Crippen LogP contribution in [0, 0.1) is 0 Å². The summed E-state index contributed by atoms with van der Waals surface area (Å²) < 4.78 is 10.1. The van der Waals surface area contributed by atoms with Gasteiger partial charge in [0.15, 0.2) is 6.04 Å². The van der Waals surface area contributed by atoms with Crippen molar-refractivity contribution in [1.29, 1.82) is 0 Å². The summed E-state index contributed by atoms with van der Waals surface area (Å²) in [5.74, 6) is -1.31. The van der Waals surface area contributed by atoms with Crippen molar-refractivity contribution >= 4 is 18.0 Å². The molecule has 8 nitrogen and oxygen atoms in total. The summed E-state index contributed by atoms with van der Waals surface area (Å²) in [4.78, 5) is 37.9. The molecular weight excluding hydrogens is 400 g/mol. The minimum atomic E-state index is -1.38. The smallest absolute Gasteiger partial charge is 0.408 e. The Morgan fingerprint density at radius 1 is 1.06 bits per heavy atom. The van der Waals surface area contributed by atoms with Gasteiger partial charge in [0.25, 0.3) is 0 Å². The highest BCUT2D eigenvalue weighted by atomic mass is 16.6. The van der Waals surface area contributed by atoms with E-state index < -0.39 is 41.3 Å². The predicted molar refractivity (Wildman–Crippen MR) is 115 cm³/mol. The monoisotopic (exact) mass is 434 g/mol. The Balaban J connectivity index is 2.22. The SMILES string of the molecule is COC(=O)C(NC(=O)[C@H](Cc1ccccc1)NC(=O)OC(C)(C)C)C1(O)CCCCC1. The summed E-state index contributed by atoms with van der Waals surface area (Å²) in [7, 11) is 1.22. The molecule has 1 aliphatic carbocycles. The molecule has 0 heterocycles. The van der Waals surface area contributed by atoms with Crippen molar-refractivity contribution in [3.63, 3.8) is 0 Å². The molecule has 0 radical (unpaired) electrons. The van der Waals surface area contributed by atoms with Crippen molar-refractivity contribution in [3.8, 4) is 0 Å². The molecule has 2 rings (SSSR count). The largest absolute Gasteiger partial charge is 0.467 e. The average molecular weight is 435 g/mol. The Labute approximate surface area is 183 Å². The average Bonchev–Trinajstić information content (AvgIpc) is 2.70. The number of ether oxygens (including phenoxy) is 2. The van der Waals surface area contributed by atoms with Crippen molar-refractivity contribution in [2.45, 2.75) is 82.6 Å². The van der Waals surface area contributed by atoms with E-state index in [0.29, 0.717) is 12.8 Å². The number of aliphatic hydroxyl groups is 1. The van der Waals surface area contributed by atoms with Gasteiger partial charge in [-0.3, -0.25) is 4.79 Å². The summed E-state index contributed by atoms with van der Waals surface area (Å²) in [5.41, 5.74) is -1.29. The first kappa shape index (κ1) is 24.7. The van der Waals surface area contributed by atoms with Crippen LogP contribution < -0.4 is 10.6 Å². The number of esters is 1. The Morgan fingerprint density at radius 3 is 2.23 bits per heavy atom. The number of alkyl carbamates (subject to hydrolysis) is 1. The van der Waals surface area contributed by atoms with E-state index in [-0.39, 0.29) is 6.42 Å². The standard InChI is InChI=1S/C23H34N2O6/c1-22(2,3)31-21(28)24-17(15-16-11-7-5-8-12-16)19(26)25-18(20(27)30-4)23(29)13-9-6-10-14-23/h5,7-8,11-12,17-18,29H,6,9-10,13-15H2,1-4H3,(H,24,28)(H,25,26)/t17-,18?/m0/s1. The lowest BCUT2D eigenvalue weighted by Crippen LogP contribution is -2.61. The van der Waals surface area contributed by atoms with Crippen LogP contribution in [0.25, 0.3) is 0 Å². The van der Waals surface area contributed by atoms with Gasteiger partial charge in [-0.05, 0) is 39.2 Å². The van der Waals surface area contributed by atoms with Crippen LogP contribution in [0.15, 0.2) is 30.3 Å². The molecule has 31 heavy (non-hydrogen) atoms. The number of hydrogen-bond acceptors (Lipinski definition) is 6. The fourth-order valence-corrected chi connectivity index (χ4v) is 3.73. The molecule has 2 amide bonds. The van der Waals surface area contributed by atoms with Crippen LogP contribution >= 0.6 is 0 Å². The van der Waals surface area contributed by atoms with Crippen LogP contribution in [0.1, 0.15) is 58.4 Å². The highest BCUT2D eigenvalue weighted by molar-refractivity contribution is 5.90. The number of hydrogen-bond donors (Lipinski definition) is 3. The van der Waals surface area contributed by atoms with E-state index in [1.54, 1.807) is 20.8 Å². The van der Waals surface area contributed by atoms with Crippen molar-refractivity contribution < 1.29 is 29.0 Å². The van der Waals surface area contributed by atoms with Gasteiger partial charge in [0, 0.05) is 6.42 Å². The lowest BCUT2D eigenvalue weighted by Gasteiger charge is -2.38. The van der Waals surface area contributed by atoms with Gasteiger partial charge in [-0.1, -0.05) is 49.6 Å². The summed E-state index contributed by atoms with van der Waals surface area (Å²) in [5, 5.41) is 16.3. The number of rotatable bonds is 7. The zero-order valence-electron chi connectivity index (χ0n) is 18.8. The maximum Gasteiger partial charge on any atom is 0.408 e. The maximum atomic E-state index is 13.2. The summed E-state index contributed by atoms with van der Waals surface area (Å²) in [6.45, 7) is 5.18. The quantitative estimate of drug-likeness (QED) is 0.568. The molecule has 8 heteroatoms. The molecule has 0 saturated heterocycles. The highest BCUT2D eigenvalue weighted by Gasteiger charge is 2.44. The maximum absolute atomic E-state index is 13.2. The van der Waals surface area contributed by atoms with Gasteiger partial charge in [0.1, 0.15) is 11.6 Å². The van der Waals surface area contributed by atoms with Crippen LogP contribution in [0.5, 0.6) is 0 Å². The molecular formula is C23H34N2O6. The minimum Gasteiger partial charge on any atom is -0.467 e. The number of methoxy groups -OCH3 is 1. The van der Waals surface area contributed by atoms with E-state index in [4.69, 9.17) is 9.47 Å². The van der Waals surface area contributed by atoms with Crippen LogP contribution in [0.4, 0.5) is 4.79 Å². The van der Waals surface area contributed by atoms with Crippen LogP contribution in [-0.4, -0.2) is 53.5 Å². The number of carbonyl (C=O) groups excluding carboxylic acids is 3. The van der Waals surface area contributed by atoms with E-state index in [1.165, 1.54) is 7.11 Å². The van der Waals surface area contributed by atoms with Crippen LogP contribution in [0.3, 0.4) is 0 Å². The fourth-order valence-electron chi connectivity index (χ4n) is 3.73. The number of nitrogens with one attached hydrogen (secondary N) is 2. The second-order valence-corrected chi connectivity index (χ2v) is 9.02. The van der Waals surface area contributed by atoms with E-state index in [2.05, 4.69) is 10.6 Å². The van der Waals surface area contributed by atoms with Gasteiger partial charge in [-0.2, -0.15) is 0 Å². The van der Waals surface area contributed by atoms with Crippen molar-refractivity contribution in [2.75, 3.05) is 7.11 Å². The predicted octanol–water partition coefficient (Wildman–Crippen LogP) is 2.48. The second kappa shape index (κ2) is 10.6. The molecule has 1 unspecified atom stereocenters. The lowest BCUT2D eigenvalue weighted by molar-refractivity contribution is -0.155. The Morgan fingerprint density at radius 2 is 1.68 bits per heavy atom. The van der Waals surface area contributed by atoms with Crippen LogP contribution in [0.2, 0.25) is 0 Å². The van der Waals surface area contributed by atoms with Gasteiger partial charge >= 0.3 is 12.1 Å². The zero-order valence-corrected chi connectivity index (χ0v) is 18.8. The first-order chi connectivity index (χ1) is 14.5. The Bertz CT molecular complexity index is 753. The van der Waals surface area contributed by atoms with Gasteiger partial charge in [0.05, 0.1) is 12.7 Å². The van der Waals surface area contributed by atoms with Crippen molar-refractivity contribution in [1.82, 2.24) is 10.6 Å². The van der Waals surface area contributed by atoms with E-state index in [1.807, 2.05) is 30.3 Å². The Kier molecular flexibility index (Phi) is 8.44. The van der Waals surface area contributed by atoms with Gasteiger partial charge in [-0.15, -0.1) is 0 Å².